The highest BCUT2D eigenvalue weighted by atomic mass is 16.3. The van der Waals surface area contributed by atoms with E-state index in [1.54, 1.807) is 6.20 Å². The minimum Gasteiger partial charge on any atom is -0.383 e. The zero-order valence-corrected chi connectivity index (χ0v) is 10.9. The van der Waals surface area contributed by atoms with E-state index in [0.29, 0.717) is 5.82 Å². The Labute approximate surface area is 108 Å². The number of nitrogens with zero attached hydrogens (tertiary/aromatic N) is 2. The summed E-state index contributed by atoms with van der Waals surface area (Å²) >= 11 is 0. The summed E-state index contributed by atoms with van der Waals surface area (Å²) in [7, 11) is 0. The highest BCUT2D eigenvalue weighted by molar-refractivity contribution is 5.49. The fourth-order valence-corrected chi connectivity index (χ4v) is 3.71. The van der Waals surface area contributed by atoms with Crippen LogP contribution in [0.4, 0.5) is 5.82 Å². The van der Waals surface area contributed by atoms with Gasteiger partial charge in [0.1, 0.15) is 11.4 Å². The molecular weight excluding hydrogens is 226 g/mol. The molecule has 2 aliphatic rings. The van der Waals surface area contributed by atoms with Crippen molar-refractivity contribution in [2.75, 3.05) is 18.8 Å². The Morgan fingerprint density at radius 2 is 2.28 bits per heavy atom. The number of hydrogen-bond donors (Lipinski definition) is 2. The molecule has 0 spiro atoms. The molecule has 2 atom stereocenters. The molecule has 1 aromatic rings. The van der Waals surface area contributed by atoms with Gasteiger partial charge in [0, 0.05) is 24.3 Å². The summed E-state index contributed by atoms with van der Waals surface area (Å²) in [4.78, 5) is 6.58. The number of fused-ring (bicyclic) bond motifs is 1. The second kappa shape index (κ2) is 4.21. The third-order valence-electron chi connectivity index (χ3n) is 4.57. The maximum Gasteiger partial charge on any atom is 0.129 e. The smallest absolute Gasteiger partial charge is 0.129 e. The molecule has 2 fully saturated rings. The number of aromatic nitrogens is 1. The third-order valence-corrected chi connectivity index (χ3v) is 4.57. The summed E-state index contributed by atoms with van der Waals surface area (Å²) in [5, 5.41) is 11.2. The van der Waals surface area contributed by atoms with Crippen molar-refractivity contribution in [3.63, 3.8) is 0 Å². The highest BCUT2D eigenvalue weighted by Gasteiger charge is 2.49. The number of pyridine rings is 1. The molecule has 2 aliphatic heterocycles. The predicted molar refractivity (Wildman–Crippen MR) is 71.1 cm³/mol. The van der Waals surface area contributed by atoms with Crippen LogP contribution >= 0.6 is 0 Å². The van der Waals surface area contributed by atoms with Crippen molar-refractivity contribution < 1.29 is 5.11 Å². The number of piperidine rings is 1. The Morgan fingerprint density at radius 3 is 3.06 bits per heavy atom. The normalized spacial score (nSPS) is 32.4. The van der Waals surface area contributed by atoms with Gasteiger partial charge in [0.25, 0.3) is 0 Å². The van der Waals surface area contributed by atoms with E-state index in [9.17, 15) is 5.11 Å². The molecule has 0 aromatic carbocycles. The number of aliphatic hydroxyl groups is 1. The third kappa shape index (κ3) is 1.63. The van der Waals surface area contributed by atoms with E-state index in [4.69, 9.17) is 5.73 Å². The van der Waals surface area contributed by atoms with Gasteiger partial charge in [0.2, 0.25) is 0 Å². The molecule has 2 unspecified atom stereocenters. The summed E-state index contributed by atoms with van der Waals surface area (Å²) in [6, 6.07) is 2.16. The Bertz CT molecular complexity index is 442. The molecule has 4 heteroatoms. The molecule has 18 heavy (non-hydrogen) atoms. The number of rotatable bonds is 1. The molecule has 4 nitrogen and oxygen atoms in total. The van der Waals surface area contributed by atoms with Crippen LogP contribution in [0.1, 0.15) is 36.8 Å². The van der Waals surface area contributed by atoms with Gasteiger partial charge in [-0.1, -0.05) is 6.42 Å². The quantitative estimate of drug-likeness (QED) is 0.788. The van der Waals surface area contributed by atoms with Gasteiger partial charge in [-0.15, -0.1) is 0 Å². The van der Waals surface area contributed by atoms with E-state index in [1.165, 1.54) is 12.8 Å². The summed E-state index contributed by atoms with van der Waals surface area (Å²) < 4.78 is 0. The van der Waals surface area contributed by atoms with Gasteiger partial charge in [0.15, 0.2) is 0 Å². The lowest BCUT2D eigenvalue weighted by Gasteiger charge is -2.38. The standard InChI is InChI=1S/C14H21N3O/c1-10-5-7-16-13(15)12(10)14(18)6-9-17-8-3-2-4-11(14)17/h5,7,11,18H,2-4,6,8-9H2,1H3,(H2,15,16). The lowest BCUT2D eigenvalue weighted by molar-refractivity contribution is -0.0138. The van der Waals surface area contributed by atoms with Gasteiger partial charge in [-0.2, -0.15) is 0 Å². The first kappa shape index (κ1) is 11.9. The van der Waals surface area contributed by atoms with Crippen molar-refractivity contribution in [1.29, 1.82) is 0 Å². The first-order valence-electron chi connectivity index (χ1n) is 6.81. The average molecular weight is 247 g/mol. The zero-order chi connectivity index (χ0) is 12.8. The van der Waals surface area contributed by atoms with Gasteiger partial charge >= 0.3 is 0 Å². The van der Waals surface area contributed by atoms with Gasteiger partial charge < -0.3 is 10.8 Å². The fourth-order valence-electron chi connectivity index (χ4n) is 3.71. The monoisotopic (exact) mass is 247 g/mol. The van der Waals surface area contributed by atoms with Crippen LogP contribution in [0.2, 0.25) is 0 Å². The molecule has 2 saturated heterocycles. The molecule has 1 aromatic heterocycles. The van der Waals surface area contributed by atoms with Crippen molar-refractivity contribution in [2.45, 2.75) is 44.2 Å². The molecule has 0 bridgehead atoms. The summed E-state index contributed by atoms with van der Waals surface area (Å²) in [6.07, 6.45) is 5.99. The second-order valence-electron chi connectivity index (χ2n) is 5.61. The molecular formula is C14H21N3O. The van der Waals surface area contributed by atoms with Crippen molar-refractivity contribution in [3.8, 4) is 0 Å². The Morgan fingerprint density at radius 1 is 1.44 bits per heavy atom. The maximum atomic E-state index is 11.2. The topological polar surface area (TPSA) is 62.4 Å². The minimum absolute atomic E-state index is 0.219. The van der Waals surface area contributed by atoms with Crippen LogP contribution in [0.5, 0.6) is 0 Å². The molecule has 3 rings (SSSR count). The van der Waals surface area contributed by atoms with Crippen LogP contribution in [0.25, 0.3) is 0 Å². The lowest BCUT2D eigenvalue weighted by atomic mass is 9.81. The molecule has 0 amide bonds. The number of aryl methyl sites for hydroxylation is 1. The minimum atomic E-state index is -0.803. The average Bonchev–Trinajstić information content (AvgIpc) is 2.69. The van der Waals surface area contributed by atoms with Crippen LogP contribution in [-0.2, 0) is 5.60 Å². The van der Waals surface area contributed by atoms with Crippen molar-refractivity contribution in [1.82, 2.24) is 9.88 Å². The number of nitrogens with two attached hydrogens (primary N) is 1. The molecule has 0 aliphatic carbocycles. The maximum absolute atomic E-state index is 11.2. The van der Waals surface area contributed by atoms with E-state index < -0.39 is 5.60 Å². The van der Waals surface area contributed by atoms with Gasteiger partial charge in [-0.05, 0) is 44.4 Å². The van der Waals surface area contributed by atoms with Crippen LogP contribution < -0.4 is 5.73 Å². The largest absolute Gasteiger partial charge is 0.383 e. The number of nitrogen functional groups attached to an aromatic ring is 1. The lowest BCUT2D eigenvalue weighted by Crippen LogP contribution is -2.45. The van der Waals surface area contributed by atoms with Gasteiger partial charge in [-0.25, -0.2) is 4.98 Å². The van der Waals surface area contributed by atoms with E-state index in [0.717, 1.165) is 37.1 Å². The van der Waals surface area contributed by atoms with Crippen molar-refractivity contribution in [3.05, 3.63) is 23.4 Å². The second-order valence-corrected chi connectivity index (χ2v) is 5.61. The van der Waals surface area contributed by atoms with E-state index in [2.05, 4.69) is 9.88 Å². The SMILES string of the molecule is Cc1ccnc(N)c1C1(O)CCN2CCCCC21. The number of anilines is 1. The molecule has 3 N–H and O–H groups in total. The Kier molecular flexibility index (Phi) is 2.79. The van der Waals surface area contributed by atoms with Crippen molar-refractivity contribution in [2.24, 2.45) is 0 Å². The first-order valence-corrected chi connectivity index (χ1v) is 6.81. The first-order chi connectivity index (χ1) is 8.63. The zero-order valence-electron chi connectivity index (χ0n) is 10.9. The van der Waals surface area contributed by atoms with Crippen LogP contribution in [-0.4, -0.2) is 34.1 Å². The molecule has 98 valence electrons. The van der Waals surface area contributed by atoms with Gasteiger partial charge in [0.05, 0.1) is 0 Å². The fraction of sp³-hybridized carbons (Fsp3) is 0.643. The van der Waals surface area contributed by atoms with Crippen LogP contribution in [0, 0.1) is 6.92 Å². The number of hydrogen-bond acceptors (Lipinski definition) is 4. The van der Waals surface area contributed by atoms with Gasteiger partial charge in [-0.3, -0.25) is 4.90 Å². The Hall–Kier alpha value is -1.13. The van der Waals surface area contributed by atoms with E-state index in [-0.39, 0.29) is 6.04 Å². The van der Waals surface area contributed by atoms with Crippen LogP contribution in [0.3, 0.4) is 0 Å². The summed E-state index contributed by atoms with van der Waals surface area (Å²) in [5.74, 6) is 0.491. The van der Waals surface area contributed by atoms with E-state index >= 15 is 0 Å². The highest BCUT2D eigenvalue weighted by Crippen LogP contribution is 2.44. The molecule has 3 heterocycles. The molecule has 0 radical (unpaired) electrons. The predicted octanol–water partition coefficient (Wildman–Crippen LogP) is 1.42. The van der Waals surface area contributed by atoms with E-state index in [1.807, 2.05) is 13.0 Å². The Balaban J connectivity index is 2.04. The summed E-state index contributed by atoms with van der Waals surface area (Å²) in [6.45, 7) is 4.08. The van der Waals surface area contributed by atoms with Crippen molar-refractivity contribution >= 4 is 5.82 Å². The van der Waals surface area contributed by atoms with Crippen LogP contribution in [0.15, 0.2) is 12.3 Å². The molecule has 0 saturated carbocycles. The summed E-state index contributed by atoms with van der Waals surface area (Å²) in [5.41, 5.74) is 7.13.